The van der Waals surface area contributed by atoms with Crippen molar-refractivity contribution >= 4 is 12.0 Å². The number of carbonyl (C=O) groups excluding carboxylic acids is 1. The predicted octanol–water partition coefficient (Wildman–Crippen LogP) is 1.40. The third kappa shape index (κ3) is 3.06. The third-order valence-electron chi connectivity index (χ3n) is 4.36. The van der Waals surface area contributed by atoms with Gasteiger partial charge in [0.05, 0.1) is 11.5 Å². The molecular formula is C14H24N2O4. The van der Waals surface area contributed by atoms with E-state index >= 15 is 0 Å². The molecule has 2 saturated heterocycles. The van der Waals surface area contributed by atoms with Crippen LogP contribution in [0.25, 0.3) is 0 Å². The first-order chi connectivity index (χ1) is 9.46. The number of rotatable bonds is 4. The molecule has 2 heterocycles. The fourth-order valence-electron chi connectivity index (χ4n) is 2.88. The zero-order valence-corrected chi connectivity index (χ0v) is 12.3. The highest BCUT2D eigenvalue weighted by atomic mass is 16.5. The van der Waals surface area contributed by atoms with Crippen LogP contribution in [0.1, 0.15) is 33.1 Å². The average Bonchev–Trinajstić information content (AvgIpc) is 3.05. The van der Waals surface area contributed by atoms with Gasteiger partial charge >= 0.3 is 12.0 Å². The number of nitrogens with zero attached hydrogens (tertiary/aromatic N) is 2. The molecule has 114 valence electrons. The minimum absolute atomic E-state index is 0.0621. The van der Waals surface area contributed by atoms with Crippen molar-refractivity contribution in [3.05, 3.63) is 0 Å². The van der Waals surface area contributed by atoms with E-state index in [0.29, 0.717) is 32.6 Å². The van der Waals surface area contributed by atoms with Gasteiger partial charge in [0, 0.05) is 32.8 Å². The maximum Gasteiger partial charge on any atom is 0.320 e. The van der Waals surface area contributed by atoms with Gasteiger partial charge in [0.25, 0.3) is 0 Å². The molecule has 2 fully saturated rings. The van der Waals surface area contributed by atoms with Crippen molar-refractivity contribution in [2.24, 2.45) is 5.41 Å². The van der Waals surface area contributed by atoms with Crippen molar-refractivity contribution in [3.63, 3.8) is 0 Å². The van der Waals surface area contributed by atoms with Crippen LogP contribution in [0.5, 0.6) is 0 Å². The van der Waals surface area contributed by atoms with Gasteiger partial charge in [0.15, 0.2) is 0 Å². The Kier molecular flexibility index (Phi) is 4.52. The van der Waals surface area contributed by atoms with Crippen LogP contribution >= 0.6 is 0 Å². The van der Waals surface area contributed by atoms with Crippen LogP contribution in [0, 0.1) is 5.41 Å². The Bertz CT molecular complexity index is 381. The standard InChI is InChI=1S/C14H24N2O4/c1-3-15(9-11-5-4-8-20-11)13(19)16-7-6-14(2,10-16)12(17)18/h11H,3-10H2,1-2H3,(H,17,18). The van der Waals surface area contributed by atoms with E-state index in [0.717, 1.165) is 19.4 Å². The van der Waals surface area contributed by atoms with Crippen molar-refractivity contribution in [2.45, 2.75) is 39.2 Å². The van der Waals surface area contributed by atoms with Gasteiger partial charge in [-0.25, -0.2) is 4.79 Å². The number of carboxylic acid groups (broad SMARTS) is 1. The van der Waals surface area contributed by atoms with E-state index in [-0.39, 0.29) is 12.1 Å². The average molecular weight is 284 g/mol. The van der Waals surface area contributed by atoms with E-state index in [1.165, 1.54) is 0 Å². The lowest BCUT2D eigenvalue weighted by atomic mass is 9.90. The summed E-state index contributed by atoms with van der Waals surface area (Å²) in [6.45, 7) is 6.47. The summed E-state index contributed by atoms with van der Waals surface area (Å²) >= 11 is 0. The van der Waals surface area contributed by atoms with Crippen LogP contribution in [0.2, 0.25) is 0 Å². The fourth-order valence-corrected chi connectivity index (χ4v) is 2.88. The topological polar surface area (TPSA) is 70.1 Å². The molecule has 2 aliphatic rings. The smallest absolute Gasteiger partial charge is 0.320 e. The first-order valence-electron chi connectivity index (χ1n) is 7.35. The molecule has 0 aromatic carbocycles. The molecule has 2 aliphatic heterocycles. The SMILES string of the molecule is CCN(CC1CCCO1)C(=O)N1CCC(C)(C(=O)O)C1. The molecule has 6 heteroatoms. The second-order valence-electron chi connectivity index (χ2n) is 5.99. The van der Waals surface area contributed by atoms with Gasteiger partial charge in [-0.2, -0.15) is 0 Å². The summed E-state index contributed by atoms with van der Waals surface area (Å²) in [5.41, 5.74) is -0.807. The molecule has 20 heavy (non-hydrogen) atoms. The van der Waals surface area contributed by atoms with E-state index in [4.69, 9.17) is 4.74 Å². The van der Waals surface area contributed by atoms with Gasteiger partial charge < -0.3 is 19.6 Å². The van der Waals surface area contributed by atoms with Gasteiger partial charge in [-0.15, -0.1) is 0 Å². The van der Waals surface area contributed by atoms with Crippen LogP contribution in [-0.2, 0) is 9.53 Å². The van der Waals surface area contributed by atoms with Crippen molar-refractivity contribution in [1.82, 2.24) is 9.80 Å². The zero-order chi connectivity index (χ0) is 14.8. The summed E-state index contributed by atoms with van der Waals surface area (Å²) < 4.78 is 5.57. The Morgan fingerprint density at radius 3 is 2.75 bits per heavy atom. The lowest BCUT2D eigenvalue weighted by molar-refractivity contribution is -0.147. The normalized spacial score (nSPS) is 29.7. The van der Waals surface area contributed by atoms with Gasteiger partial charge in [-0.3, -0.25) is 4.79 Å². The molecule has 2 rings (SSSR count). The molecule has 0 aliphatic carbocycles. The lowest BCUT2D eigenvalue weighted by Gasteiger charge is -2.29. The molecule has 6 nitrogen and oxygen atoms in total. The Labute approximate surface area is 119 Å². The number of aliphatic carboxylic acids is 1. The van der Waals surface area contributed by atoms with E-state index in [1.807, 2.05) is 6.92 Å². The van der Waals surface area contributed by atoms with Crippen LogP contribution in [0.15, 0.2) is 0 Å². The van der Waals surface area contributed by atoms with Crippen molar-refractivity contribution in [2.75, 3.05) is 32.8 Å². The van der Waals surface area contributed by atoms with Crippen LogP contribution < -0.4 is 0 Å². The first kappa shape index (κ1) is 15.1. The Balaban J connectivity index is 1.93. The molecule has 0 saturated carbocycles. The van der Waals surface area contributed by atoms with E-state index in [2.05, 4.69) is 0 Å². The number of ether oxygens (including phenoxy) is 1. The Morgan fingerprint density at radius 1 is 1.50 bits per heavy atom. The van der Waals surface area contributed by atoms with Gasteiger partial charge in [-0.1, -0.05) is 0 Å². The Hall–Kier alpha value is -1.30. The summed E-state index contributed by atoms with van der Waals surface area (Å²) in [6, 6.07) is -0.0621. The number of likely N-dealkylation sites (tertiary alicyclic amines) is 1. The highest BCUT2D eigenvalue weighted by Crippen LogP contribution is 2.30. The van der Waals surface area contributed by atoms with Crippen LogP contribution in [0.4, 0.5) is 4.79 Å². The van der Waals surface area contributed by atoms with Crippen LogP contribution in [-0.4, -0.2) is 65.8 Å². The highest BCUT2D eigenvalue weighted by Gasteiger charge is 2.43. The molecule has 0 aromatic heterocycles. The molecule has 0 bridgehead atoms. The summed E-state index contributed by atoms with van der Waals surface area (Å²) in [6.07, 6.45) is 2.70. The zero-order valence-electron chi connectivity index (χ0n) is 12.3. The molecule has 0 radical (unpaired) electrons. The summed E-state index contributed by atoms with van der Waals surface area (Å²) in [5, 5.41) is 9.23. The second kappa shape index (κ2) is 5.99. The van der Waals surface area contributed by atoms with E-state index in [9.17, 15) is 14.7 Å². The maximum absolute atomic E-state index is 12.5. The fraction of sp³-hybridized carbons (Fsp3) is 0.857. The van der Waals surface area contributed by atoms with Crippen molar-refractivity contribution in [1.29, 1.82) is 0 Å². The monoisotopic (exact) mass is 284 g/mol. The van der Waals surface area contributed by atoms with E-state index < -0.39 is 11.4 Å². The first-order valence-corrected chi connectivity index (χ1v) is 7.35. The summed E-state index contributed by atoms with van der Waals surface area (Å²) in [5.74, 6) is -0.824. The van der Waals surface area contributed by atoms with Crippen molar-refractivity contribution < 1.29 is 19.4 Å². The van der Waals surface area contributed by atoms with Gasteiger partial charge in [-0.05, 0) is 33.1 Å². The van der Waals surface area contributed by atoms with Crippen LogP contribution in [0.3, 0.4) is 0 Å². The third-order valence-corrected chi connectivity index (χ3v) is 4.36. The number of likely N-dealkylation sites (N-methyl/N-ethyl adjacent to an activating group) is 1. The number of amides is 2. The number of hydrogen-bond acceptors (Lipinski definition) is 3. The Morgan fingerprint density at radius 2 is 2.25 bits per heavy atom. The number of urea groups is 1. The summed E-state index contributed by atoms with van der Waals surface area (Å²) in [4.78, 5) is 27.1. The number of carboxylic acids is 1. The van der Waals surface area contributed by atoms with Gasteiger partial charge in [0.2, 0.25) is 0 Å². The number of hydrogen-bond donors (Lipinski definition) is 1. The predicted molar refractivity (Wildman–Crippen MR) is 73.5 cm³/mol. The molecule has 1 N–H and O–H groups in total. The quantitative estimate of drug-likeness (QED) is 0.847. The molecule has 0 aromatic rings. The molecular weight excluding hydrogens is 260 g/mol. The minimum atomic E-state index is -0.824. The lowest BCUT2D eigenvalue weighted by Crippen LogP contribution is -2.46. The molecule has 0 spiro atoms. The molecule has 2 unspecified atom stereocenters. The second-order valence-corrected chi connectivity index (χ2v) is 5.99. The maximum atomic E-state index is 12.5. The number of carbonyl (C=O) groups is 2. The highest BCUT2D eigenvalue weighted by molar-refractivity contribution is 5.79. The van der Waals surface area contributed by atoms with Gasteiger partial charge in [0.1, 0.15) is 0 Å². The summed E-state index contributed by atoms with van der Waals surface area (Å²) in [7, 11) is 0. The minimum Gasteiger partial charge on any atom is -0.481 e. The molecule has 2 atom stereocenters. The van der Waals surface area contributed by atoms with E-state index in [1.54, 1.807) is 16.7 Å². The van der Waals surface area contributed by atoms with Crippen molar-refractivity contribution in [3.8, 4) is 0 Å². The largest absolute Gasteiger partial charge is 0.481 e. The molecule has 2 amide bonds.